The maximum absolute atomic E-state index is 5.75. The van der Waals surface area contributed by atoms with E-state index in [0.29, 0.717) is 11.7 Å². The van der Waals surface area contributed by atoms with Gasteiger partial charge in [0.25, 0.3) is 0 Å². The summed E-state index contributed by atoms with van der Waals surface area (Å²) in [7, 11) is 0. The molecule has 7 nitrogen and oxygen atoms in total. The molecule has 7 heteroatoms. The van der Waals surface area contributed by atoms with Gasteiger partial charge in [-0.25, -0.2) is 0 Å². The molecule has 0 saturated carbocycles. The van der Waals surface area contributed by atoms with Crippen LogP contribution in [0.5, 0.6) is 0 Å². The van der Waals surface area contributed by atoms with E-state index in [-0.39, 0.29) is 11.8 Å². The first-order chi connectivity index (χ1) is 14.8. The summed E-state index contributed by atoms with van der Waals surface area (Å²) in [5.74, 6) is 1.71. The lowest BCUT2D eigenvalue weighted by Gasteiger charge is -2.15. The van der Waals surface area contributed by atoms with Crippen LogP contribution in [0.15, 0.2) is 71.8 Å². The van der Waals surface area contributed by atoms with Gasteiger partial charge < -0.3 is 4.52 Å². The highest BCUT2D eigenvalue weighted by Gasteiger charge is 2.38. The normalized spacial score (nSPS) is 19.4. The van der Waals surface area contributed by atoms with Crippen molar-refractivity contribution in [2.45, 2.75) is 31.8 Å². The van der Waals surface area contributed by atoms with Crippen molar-refractivity contribution in [1.82, 2.24) is 29.8 Å². The molecule has 0 bridgehead atoms. The van der Waals surface area contributed by atoms with E-state index in [1.54, 1.807) is 0 Å². The molecule has 0 radical (unpaired) electrons. The minimum Gasteiger partial charge on any atom is -0.339 e. The number of aryl methyl sites for hydroxylation is 1. The first kappa shape index (κ1) is 18.7. The molecule has 0 aliphatic carbocycles. The number of benzene rings is 1. The van der Waals surface area contributed by atoms with Crippen molar-refractivity contribution in [3.05, 3.63) is 84.3 Å². The quantitative estimate of drug-likeness (QED) is 0.491. The van der Waals surface area contributed by atoms with Crippen molar-refractivity contribution >= 4 is 0 Å². The van der Waals surface area contributed by atoms with Gasteiger partial charge in [-0.05, 0) is 18.6 Å². The lowest BCUT2D eigenvalue weighted by atomic mass is 9.90. The molecular weight excluding hydrogens is 376 g/mol. The molecule has 0 unspecified atom stereocenters. The zero-order valence-corrected chi connectivity index (χ0v) is 16.9. The maximum Gasteiger partial charge on any atom is 0.232 e. The summed E-state index contributed by atoms with van der Waals surface area (Å²) in [5, 5.41) is 8.66. The largest absolute Gasteiger partial charge is 0.339 e. The summed E-state index contributed by atoms with van der Waals surface area (Å²) in [4.78, 5) is 11.5. The van der Waals surface area contributed by atoms with E-state index in [0.717, 1.165) is 31.7 Å². The van der Waals surface area contributed by atoms with Gasteiger partial charge in [0.1, 0.15) is 0 Å². The van der Waals surface area contributed by atoms with Crippen molar-refractivity contribution < 1.29 is 4.52 Å². The predicted octanol–water partition coefficient (Wildman–Crippen LogP) is 3.73. The maximum atomic E-state index is 5.75. The van der Waals surface area contributed by atoms with E-state index < -0.39 is 0 Å². The van der Waals surface area contributed by atoms with Gasteiger partial charge in [-0.3, -0.25) is 14.6 Å². The number of rotatable bonds is 6. The van der Waals surface area contributed by atoms with Gasteiger partial charge in [-0.1, -0.05) is 41.6 Å². The standard InChI is InChI=1S/C23H24N6O/c1-2-29-14-17(11-25-29)13-28-15-20(19-9-6-10-24-12-19)21(16-28)23-26-22(27-30-23)18-7-4-3-5-8-18/h3-12,14,20-21H,2,13,15-16H2,1H3/t20-,21+/m0/s1. The second-order valence-electron chi connectivity index (χ2n) is 7.72. The Balaban J connectivity index is 1.41. The SMILES string of the molecule is CCn1cc(CN2C[C@@H](c3cccnc3)[C@H](c3nc(-c4ccccc4)no3)C2)cn1. The van der Waals surface area contributed by atoms with Crippen LogP contribution in [0.1, 0.15) is 35.8 Å². The zero-order valence-electron chi connectivity index (χ0n) is 16.9. The molecule has 1 saturated heterocycles. The number of likely N-dealkylation sites (tertiary alicyclic amines) is 1. The second-order valence-corrected chi connectivity index (χ2v) is 7.72. The molecule has 30 heavy (non-hydrogen) atoms. The lowest BCUT2D eigenvalue weighted by Crippen LogP contribution is -2.20. The summed E-state index contributed by atoms with van der Waals surface area (Å²) in [5.41, 5.74) is 3.39. The summed E-state index contributed by atoms with van der Waals surface area (Å²) in [6.07, 6.45) is 7.83. The molecule has 152 valence electrons. The molecule has 0 N–H and O–H groups in total. The average molecular weight is 400 g/mol. The fourth-order valence-corrected chi connectivity index (χ4v) is 4.21. The first-order valence-corrected chi connectivity index (χ1v) is 10.3. The molecule has 5 rings (SSSR count). The number of hydrogen-bond acceptors (Lipinski definition) is 6. The third-order valence-electron chi connectivity index (χ3n) is 5.72. The third-order valence-corrected chi connectivity index (χ3v) is 5.72. The van der Waals surface area contributed by atoms with Crippen molar-refractivity contribution in [3.8, 4) is 11.4 Å². The Morgan fingerprint density at radius 2 is 1.90 bits per heavy atom. The van der Waals surface area contributed by atoms with Crippen LogP contribution in [-0.2, 0) is 13.1 Å². The van der Waals surface area contributed by atoms with Crippen LogP contribution in [0, 0.1) is 0 Å². The highest BCUT2D eigenvalue weighted by atomic mass is 16.5. The number of nitrogens with zero attached hydrogens (tertiary/aromatic N) is 6. The molecule has 1 aromatic carbocycles. The van der Waals surface area contributed by atoms with Crippen molar-refractivity contribution in [3.63, 3.8) is 0 Å². The van der Waals surface area contributed by atoms with Gasteiger partial charge in [0.05, 0.1) is 12.1 Å². The second kappa shape index (κ2) is 8.20. The third kappa shape index (κ3) is 3.76. The van der Waals surface area contributed by atoms with E-state index in [9.17, 15) is 0 Å². The van der Waals surface area contributed by atoms with Gasteiger partial charge in [0.2, 0.25) is 11.7 Å². The molecule has 1 fully saturated rings. The minimum atomic E-state index is 0.125. The van der Waals surface area contributed by atoms with Crippen molar-refractivity contribution in [1.29, 1.82) is 0 Å². The molecule has 1 aliphatic rings. The number of hydrogen-bond donors (Lipinski definition) is 0. The molecule has 3 aromatic heterocycles. The van der Waals surface area contributed by atoms with Gasteiger partial charge in [0, 0.05) is 61.8 Å². The van der Waals surface area contributed by atoms with Crippen LogP contribution in [0.25, 0.3) is 11.4 Å². The molecule has 2 atom stereocenters. The smallest absolute Gasteiger partial charge is 0.232 e. The highest BCUT2D eigenvalue weighted by Crippen LogP contribution is 2.39. The van der Waals surface area contributed by atoms with Crippen LogP contribution in [0.2, 0.25) is 0 Å². The summed E-state index contributed by atoms with van der Waals surface area (Å²) < 4.78 is 7.71. The molecule has 0 spiro atoms. The lowest BCUT2D eigenvalue weighted by molar-refractivity contribution is 0.309. The monoisotopic (exact) mass is 400 g/mol. The van der Waals surface area contributed by atoms with Crippen molar-refractivity contribution in [2.75, 3.05) is 13.1 Å². The van der Waals surface area contributed by atoms with Crippen molar-refractivity contribution in [2.24, 2.45) is 0 Å². The van der Waals surface area contributed by atoms with E-state index in [2.05, 4.69) is 39.3 Å². The first-order valence-electron chi connectivity index (χ1n) is 10.3. The minimum absolute atomic E-state index is 0.125. The van der Waals surface area contributed by atoms with E-state index in [4.69, 9.17) is 9.51 Å². The van der Waals surface area contributed by atoms with E-state index >= 15 is 0 Å². The number of aromatic nitrogens is 5. The highest BCUT2D eigenvalue weighted by molar-refractivity contribution is 5.53. The fraction of sp³-hybridized carbons (Fsp3) is 0.304. The Bertz CT molecular complexity index is 1090. The summed E-state index contributed by atoms with van der Waals surface area (Å²) >= 11 is 0. The summed E-state index contributed by atoms with van der Waals surface area (Å²) in [6, 6.07) is 14.1. The zero-order chi connectivity index (χ0) is 20.3. The van der Waals surface area contributed by atoms with Gasteiger partial charge >= 0.3 is 0 Å². The van der Waals surface area contributed by atoms with Crippen LogP contribution >= 0.6 is 0 Å². The van der Waals surface area contributed by atoms with E-state index in [1.807, 2.05) is 59.7 Å². The predicted molar refractivity (Wildman–Crippen MR) is 113 cm³/mol. The molecule has 1 aliphatic heterocycles. The Labute approximate surface area is 175 Å². The van der Waals surface area contributed by atoms with E-state index in [1.165, 1.54) is 11.1 Å². The van der Waals surface area contributed by atoms with Crippen LogP contribution in [-0.4, -0.2) is 42.9 Å². The van der Waals surface area contributed by atoms with Crippen LogP contribution in [0.3, 0.4) is 0 Å². The Kier molecular flexibility index (Phi) is 5.11. The Morgan fingerprint density at radius 1 is 1.03 bits per heavy atom. The Morgan fingerprint density at radius 3 is 2.67 bits per heavy atom. The van der Waals surface area contributed by atoms with Crippen LogP contribution in [0.4, 0.5) is 0 Å². The molecule has 4 aromatic rings. The topological polar surface area (TPSA) is 72.9 Å². The number of pyridine rings is 1. The fourth-order valence-electron chi connectivity index (χ4n) is 4.21. The molecular formula is C23H24N6O. The van der Waals surface area contributed by atoms with Crippen LogP contribution < -0.4 is 0 Å². The van der Waals surface area contributed by atoms with Gasteiger partial charge in [0.15, 0.2) is 0 Å². The molecule has 0 amide bonds. The molecule has 4 heterocycles. The van der Waals surface area contributed by atoms with Gasteiger partial charge in [-0.2, -0.15) is 10.1 Å². The Hall–Kier alpha value is -3.32. The summed E-state index contributed by atoms with van der Waals surface area (Å²) in [6.45, 7) is 5.60. The average Bonchev–Trinajstić information content (AvgIpc) is 3.55. The van der Waals surface area contributed by atoms with Gasteiger partial charge in [-0.15, -0.1) is 0 Å².